The highest BCUT2D eigenvalue weighted by molar-refractivity contribution is 5.97. The minimum Gasteiger partial charge on any atom is -0.507 e. The topological polar surface area (TPSA) is 120 Å². The van der Waals surface area contributed by atoms with Gasteiger partial charge in [0, 0.05) is 33.1 Å². The first-order chi connectivity index (χ1) is 14.9. The van der Waals surface area contributed by atoms with Crippen LogP contribution in [0, 0.1) is 20.8 Å². The molecule has 0 spiro atoms. The Morgan fingerprint density at radius 1 is 1.06 bits per heavy atom. The SMILES string of the molecule is Cc1c(C)c2c(c(C)c1O)CCC(C)(C(=O)Nc1nc3c(c(=O)n(C)c(=O)n3C)n1C)O2. The number of imidazole rings is 1. The van der Waals surface area contributed by atoms with Crippen LogP contribution in [0.5, 0.6) is 11.5 Å². The quantitative estimate of drug-likeness (QED) is 0.619. The molecule has 10 heteroatoms. The number of ether oxygens (including phenoxy) is 1. The Hall–Kier alpha value is -3.56. The molecule has 1 aliphatic rings. The molecule has 0 fully saturated rings. The van der Waals surface area contributed by atoms with Crippen molar-refractivity contribution in [3.63, 3.8) is 0 Å². The highest BCUT2D eigenvalue weighted by atomic mass is 16.5. The Bertz CT molecular complexity index is 1430. The van der Waals surface area contributed by atoms with Crippen molar-refractivity contribution in [2.75, 3.05) is 5.32 Å². The first-order valence-corrected chi connectivity index (χ1v) is 10.3. The van der Waals surface area contributed by atoms with Crippen molar-refractivity contribution in [3.8, 4) is 11.5 Å². The molecule has 2 N–H and O–H groups in total. The van der Waals surface area contributed by atoms with Gasteiger partial charge in [-0.05, 0) is 50.8 Å². The lowest BCUT2D eigenvalue weighted by Crippen LogP contribution is -2.48. The standard InChI is InChI=1S/C22H27N5O5/c1-10-11(2)16-13(12(3)15(10)28)8-9-22(4,32-16)19(30)24-20-23-17-14(25(20)5)18(29)27(7)21(31)26(17)6/h28H,8-9H2,1-7H3,(H,23,24,30). The van der Waals surface area contributed by atoms with E-state index in [2.05, 4.69) is 10.3 Å². The zero-order valence-corrected chi connectivity index (χ0v) is 19.3. The number of hydrogen-bond acceptors (Lipinski definition) is 6. The van der Waals surface area contributed by atoms with Crippen LogP contribution < -0.4 is 21.3 Å². The molecular weight excluding hydrogens is 414 g/mol. The molecule has 0 saturated carbocycles. The monoisotopic (exact) mass is 441 g/mol. The molecule has 4 rings (SSSR count). The van der Waals surface area contributed by atoms with Gasteiger partial charge in [-0.2, -0.15) is 4.98 Å². The number of amides is 1. The Kier molecular flexibility index (Phi) is 4.72. The molecule has 1 atom stereocenters. The summed E-state index contributed by atoms with van der Waals surface area (Å²) < 4.78 is 9.95. The van der Waals surface area contributed by atoms with Crippen LogP contribution >= 0.6 is 0 Å². The van der Waals surface area contributed by atoms with Gasteiger partial charge in [-0.3, -0.25) is 24.0 Å². The molecule has 1 aromatic carbocycles. The predicted molar refractivity (Wildman–Crippen MR) is 119 cm³/mol. The lowest BCUT2D eigenvalue weighted by atomic mass is 9.86. The molecule has 1 amide bonds. The van der Waals surface area contributed by atoms with Crippen LogP contribution in [0.3, 0.4) is 0 Å². The Balaban J connectivity index is 1.73. The Morgan fingerprint density at radius 2 is 1.72 bits per heavy atom. The lowest BCUT2D eigenvalue weighted by molar-refractivity contribution is -0.131. The summed E-state index contributed by atoms with van der Waals surface area (Å²) in [5.74, 6) is 0.604. The number of nitrogens with zero attached hydrogens (tertiary/aromatic N) is 4. The fourth-order valence-electron chi connectivity index (χ4n) is 4.27. The maximum absolute atomic E-state index is 13.3. The van der Waals surface area contributed by atoms with Gasteiger partial charge in [0.25, 0.3) is 11.5 Å². The molecule has 0 saturated heterocycles. The van der Waals surface area contributed by atoms with Gasteiger partial charge < -0.3 is 14.4 Å². The number of phenols is 1. The van der Waals surface area contributed by atoms with Gasteiger partial charge >= 0.3 is 5.69 Å². The number of nitrogens with one attached hydrogen (secondary N) is 1. The Morgan fingerprint density at radius 3 is 2.38 bits per heavy atom. The highest BCUT2D eigenvalue weighted by Gasteiger charge is 2.41. The van der Waals surface area contributed by atoms with E-state index in [1.54, 1.807) is 14.0 Å². The molecule has 3 aromatic rings. The van der Waals surface area contributed by atoms with Crippen molar-refractivity contribution in [2.45, 2.75) is 46.1 Å². The average Bonchev–Trinajstić information content (AvgIpc) is 3.09. The van der Waals surface area contributed by atoms with E-state index in [9.17, 15) is 19.5 Å². The van der Waals surface area contributed by atoms with Crippen LogP contribution in [0.25, 0.3) is 11.2 Å². The number of fused-ring (bicyclic) bond motifs is 2. The van der Waals surface area contributed by atoms with Crippen molar-refractivity contribution in [1.82, 2.24) is 18.7 Å². The van der Waals surface area contributed by atoms with E-state index in [4.69, 9.17) is 4.74 Å². The summed E-state index contributed by atoms with van der Waals surface area (Å²) in [6, 6.07) is 0. The number of carbonyl (C=O) groups excluding carboxylic acids is 1. The predicted octanol–water partition coefficient (Wildman–Crippen LogP) is 1.32. The van der Waals surface area contributed by atoms with E-state index in [1.807, 2.05) is 20.8 Å². The summed E-state index contributed by atoms with van der Waals surface area (Å²) in [5.41, 5.74) is 1.41. The molecular formula is C22H27N5O5. The van der Waals surface area contributed by atoms with Crippen molar-refractivity contribution >= 4 is 23.0 Å². The molecule has 1 aliphatic heterocycles. The van der Waals surface area contributed by atoms with E-state index in [1.165, 1.54) is 23.2 Å². The first-order valence-electron chi connectivity index (χ1n) is 10.3. The number of aromatic hydroxyl groups is 1. The molecule has 170 valence electrons. The van der Waals surface area contributed by atoms with Crippen molar-refractivity contribution in [2.24, 2.45) is 21.1 Å². The third kappa shape index (κ3) is 2.85. The summed E-state index contributed by atoms with van der Waals surface area (Å²) in [4.78, 5) is 42.4. The van der Waals surface area contributed by atoms with Crippen LogP contribution in [0.15, 0.2) is 9.59 Å². The highest BCUT2D eigenvalue weighted by Crippen LogP contribution is 2.43. The Labute approximate surface area is 184 Å². The van der Waals surface area contributed by atoms with E-state index in [0.29, 0.717) is 18.6 Å². The molecule has 3 heterocycles. The second-order valence-corrected chi connectivity index (χ2v) is 8.69. The molecule has 1 unspecified atom stereocenters. The van der Waals surface area contributed by atoms with Gasteiger partial charge in [0.1, 0.15) is 11.5 Å². The molecule has 0 bridgehead atoms. The number of aromatic nitrogens is 4. The minimum atomic E-state index is -1.18. The molecule has 0 aliphatic carbocycles. The second kappa shape index (κ2) is 6.98. The van der Waals surface area contributed by atoms with E-state index in [-0.39, 0.29) is 22.9 Å². The summed E-state index contributed by atoms with van der Waals surface area (Å²) in [5, 5.41) is 13.1. The summed E-state index contributed by atoms with van der Waals surface area (Å²) >= 11 is 0. The largest absolute Gasteiger partial charge is 0.507 e. The van der Waals surface area contributed by atoms with Gasteiger partial charge in [-0.15, -0.1) is 0 Å². The third-order valence-corrected chi connectivity index (χ3v) is 6.70. The normalized spacial score (nSPS) is 17.8. The number of carbonyl (C=O) groups is 1. The van der Waals surface area contributed by atoms with Crippen LogP contribution in [0.1, 0.15) is 35.6 Å². The van der Waals surface area contributed by atoms with Gasteiger partial charge in [0.15, 0.2) is 16.8 Å². The third-order valence-electron chi connectivity index (χ3n) is 6.70. The van der Waals surface area contributed by atoms with E-state index in [0.717, 1.165) is 26.8 Å². The number of anilines is 1. The zero-order valence-electron chi connectivity index (χ0n) is 19.3. The van der Waals surface area contributed by atoms with E-state index < -0.39 is 22.8 Å². The lowest BCUT2D eigenvalue weighted by Gasteiger charge is -2.36. The number of rotatable bonds is 2. The molecule has 32 heavy (non-hydrogen) atoms. The second-order valence-electron chi connectivity index (χ2n) is 8.69. The summed E-state index contributed by atoms with van der Waals surface area (Å²) in [6.07, 6.45) is 0.968. The number of hydrogen-bond donors (Lipinski definition) is 2. The number of aryl methyl sites for hydroxylation is 2. The zero-order chi connectivity index (χ0) is 23.7. The van der Waals surface area contributed by atoms with Crippen molar-refractivity contribution in [3.05, 3.63) is 43.1 Å². The van der Waals surface area contributed by atoms with Crippen LogP contribution in [-0.4, -0.2) is 35.3 Å². The average molecular weight is 441 g/mol. The fraction of sp³-hybridized carbons (Fsp3) is 0.455. The molecule has 10 nitrogen and oxygen atoms in total. The summed E-state index contributed by atoms with van der Waals surface area (Å²) in [7, 11) is 4.53. The minimum absolute atomic E-state index is 0.147. The van der Waals surface area contributed by atoms with Gasteiger partial charge in [0.05, 0.1) is 0 Å². The van der Waals surface area contributed by atoms with Crippen LogP contribution in [-0.2, 0) is 32.4 Å². The maximum atomic E-state index is 13.3. The number of benzene rings is 1. The number of phenolic OH excluding ortho intramolecular Hbond substituents is 1. The summed E-state index contributed by atoms with van der Waals surface area (Å²) in [6.45, 7) is 7.23. The van der Waals surface area contributed by atoms with Crippen LogP contribution in [0.2, 0.25) is 0 Å². The molecule has 2 aromatic heterocycles. The smallest absolute Gasteiger partial charge is 0.332 e. The van der Waals surface area contributed by atoms with Gasteiger partial charge in [0.2, 0.25) is 5.95 Å². The van der Waals surface area contributed by atoms with Crippen LogP contribution in [0.4, 0.5) is 5.95 Å². The van der Waals surface area contributed by atoms with Crippen molar-refractivity contribution in [1.29, 1.82) is 0 Å². The molecule has 0 radical (unpaired) electrons. The first kappa shape index (κ1) is 21.7. The van der Waals surface area contributed by atoms with Gasteiger partial charge in [-0.1, -0.05) is 0 Å². The maximum Gasteiger partial charge on any atom is 0.332 e. The fourth-order valence-corrected chi connectivity index (χ4v) is 4.27. The van der Waals surface area contributed by atoms with E-state index >= 15 is 0 Å². The van der Waals surface area contributed by atoms with Gasteiger partial charge in [-0.25, -0.2) is 4.79 Å². The van der Waals surface area contributed by atoms with Crippen molar-refractivity contribution < 1.29 is 14.6 Å².